The fraction of sp³-hybridized carbons (Fsp3) is 0.300. The quantitative estimate of drug-likeness (QED) is 0.642. The molecule has 1 aromatic rings. The molecular weight excluding hydrogens is 227 g/mol. The van der Waals surface area contributed by atoms with E-state index >= 15 is 0 Å². The normalized spacial score (nSPS) is 18.9. The van der Waals surface area contributed by atoms with Crippen LogP contribution in [0.15, 0.2) is 12.3 Å². The molecule has 0 saturated carbocycles. The second-order valence-electron chi connectivity index (χ2n) is 3.74. The second kappa shape index (κ2) is 4.36. The van der Waals surface area contributed by atoms with E-state index in [4.69, 9.17) is 5.73 Å². The zero-order chi connectivity index (χ0) is 12.4. The van der Waals surface area contributed by atoms with Crippen LogP contribution in [0.4, 0.5) is 10.2 Å². The van der Waals surface area contributed by atoms with Crippen LogP contribution in [0.2, 0.25) is 0 Å². The van der Waals surface area contributed by atoms with E-state index in [1.807, 2.05) is 0 Å². The number of nitrogen functional groups attached to an aromatic ring is 1. The number of nitrogens with two attached hydrogens (primary N) is 1. The number of carbonyl (C=O) groups is 2. The van der Waals surface area contributed by atoms with Crippen LogP contribution in [0.5, 0.6) is 0 Å². The molecule has 0 spiro atoms. The average Bonchev–Trinajstić information content (AvgIpc) is 2.68. The largest absolute Gasteiger partial charge is 0.381 e. The molecule has 2 amide bonds. The lowest BCUT2D eigenvalue weighted by molar-refractivity contribution is -0.119. The van der Waals surface area contributed by atoms with Crippen LogP contribution in [0, 0.1) is 5.82 Å². The third kappa shape index (κ3) is 2.32. The summed E-state index contributed by atoms with van der Waals surface area (Å²) in [6.07, 6.45) is 1.46. The maximum Gasteiger partial charge on any atom is 0.254 e. The molecule has 7 heteroatoms. The molecule has 1 unspecified atom stereocenters. The van der Waals surface area contributed by atoms with Crippen molar-refractivity contribution in [2.75, 3.05) is 12.3 Å². The van der Waals surface area contributed by atoms with Gasteiger partial charge in [0.25, 0.3) is 5.91 Å². The molecule has 1 atom stereocenters. The van der Waals surface area contributed by atoms with Gasteiger partial charge in [-0.3, -0.25) is 9.59 Å². The molecule has 2 rings (SSSR count). The summed E-state index contributed by atoms with van der Waals surface area (Å²) in [5.74, 6) is -1.90. The lowest BCUT2D eigenvalue weighted by atomic mass is 10.2. The van der Waals surface area contributed by atoms with Gasteiger partial charge in [0.2, 0.25) is 5.91 Å². The van der Waals surface area contributed by atoms with E-state index in [2.05, 4.69) is 15.6 Å². The number of nitrogens with zero attached hydrogens (tertiary/aromatic N) is 1. The summed E-state index contributed by atoms with van der Waals surface area (Å²) < 4.78 is 13.5. The van der Waals surface area contributed by atoms with E-state index in [0.717, 1.165) is 0 Å². The summed E-state index contributed by atoms with van der Waals surface area (Å²) in [5, 5.41) is 5.12. The van der Waals surface area contributed by atoms with Crippen molar-refractivity contribution in [2.24, 2.45) is 0 Å². The minimum atomic E-state index is -0.845. The zero-order valence-electron chi connectivity index (χ0n) is 8.87. The monoisotopic (exact) mass is 238 g/mol. The van der Waals surface area contributed by atoms with Crippen molar-refractivity contribution in [1.82, 2.24) is 15.6 Å². The number of carbonyl (C=O) groups excluding carboxylic acids is 2. The molecule has 6 nitrogen and oxygen atoms in total. The van der Waals surface area contributed by atoms with Gasteiger partial charge in [0.1, 0.15) is 0 Å². The molecule has 0 aromatic carbocycles. The maximum absolute atomic E-state index is 13.5. The molecule has 0 aliphatic carbocycles. The number of hydrogen-bond acceptors (Lipinski definition) is 4. The number of amides is 2. The second-order valence-corrected chi connectivity index (χ2v) is 3.74. The molecule has 1 saturated heterocycles. The van der Waals surface area contributed by atoms with Gasteiger partial charge in [-0.25, -0.2) is 9.37 Å². The standard InChI is InChI=1S/C10H11FN4O2/c11-8-6(1-2-13-9(8)12)10(17)15-5-3-7(16)14-4-5/h1-2,5H,3-4H2,(H2,12,13)(H,14,16)(H,15,17). The van der Waals surface area contributed by atoms with E-state index < -0.39 is 11.7 Å². The van der Waals surface area contributed by atoms with Crippen molar-refractivity contribution in [1.29, 1.82) is 0 Å². The van der Waals surface area contributed by atoms with E-state index in [0.29, 0.717) is 6.54 Å². The summed E-state index contributed by atoms with van der Waals surface area (Å²) in [6, 6.07) is 0.925. The number of hydrogen-bond donors (Lipinski definition) is 3. The third-order valence-corrected chi connectivity index (χ3v) is 2.47. The molecule has 17 heavy (non-hydrogen) atoms. The fourth-order valence-electron chi connectivity index (χ4n) is 1.61. The minimum absolute atomic E-state index is 0.134. The highest BCUT2D eigenvalue weighted by molar-refractivity contribution is 5.95. The van der Waals surface area contributed by atoms with Crippen LogP contribution >= 0.6 is 0 Å². The molecule has 1 aliphatic rings. The third-order valence-electron chi connectivity index (χ3n) is 2.47. The Balaban J connectivity index is 2.09. The molecule has 4 N–H and O–H groups in total. The Hall–Kier alpha value is -2.18. The molecular formula is C10H11FN4O2. The molecule has 90 valence electrons. The molecule has 1 aromatic heterocycles. The van der Waals surface area contributed by atoms with Crippen LogP contribution in [-0.4, -0.2) is 29.4 Å². The molecule has 2 heterocycles. The Morgan fingerprint density at radius 1 is 1.65 bits per heavy atom. The van der Waals surface area contributed by atoms with Gasteiger partial charge in [-0.15, -0.1) is 0 Å². The van der Waals surface area contributed by atoms with Gasteiger partial charge in [-0.2, -0.15) is 0 Å². The van der Waals surface area contributed by atoms with Crippen molar-refractivity contribution < 1.29 is 14.0 Å². The molecule has 1 fully saturated rings. The van der Waals surface area contributed by atoms with Crippen molar-refractivity contribution in [2.45, 2.75) is 12.5 Å². The molecule has 1 aliphatic heterocycles. The van der Waals surface area contributed by atoms with Gasteiger partial charge >= 0.3 is 0 Å². The first kappa shape index (κ1) is 11.3. The van der Waals surface area contributed by atoms with Crippen molar-refractivity contribution in [3.8, 4) is 0 Å². The number of nitrogens with one attached hydrogen (secondary N) is 2. The Morgan fingerprint density at radius 2 is 2.41 bits per heavy atom. The lowest BCUT2D eigenvalue weighted by Crippen LogP contribution is -2.36. The van der Waals surface area contributed by atoms with Crippen LogP contribution < -0.4 is 16.4 Å². The average molecular weight is 238 g/mol. The van der Waals surface area contributed by atoms with Gasteiger partial charge in [-0.1, -0.05) is 0 Å². The van der Waals surface area contributed by atoms with Crippen molar-refractivity contribution in [3.05, 3.63) is 23.6 Å². The van der Waals surface area contributed by atoms with E-state index in [1.54, 1.807) is 0 Å². The highest BCUT2D eigenvalue weighted by atomic mass is 19.1. The van der Waals surface area contributed by atoms with Crippen LogP contribution in [0.3, 0.4) is 0 Å². The first-order valence-electron chi connectivity index (χ1n) is 5.05. The first-order chi connectivity index (χ1) is 8.08. The predicted octanol–water partition coefficient (Wildman–Crippen LogP) is -0.579. The fourth-order valence-corrected chi connectivity index (χ4v) is 1.61. The van der Waals surface area contributed by atoms with Crippen LogP contribution in [0.1, 0.15) is 16.8 Å². The van der Waals surface area contributed by atoms with E-state index in [-0.39, 0.29) is 29.8 Å². The highest BCUT2D eigenvalue weighted by Gasteiger charge is 2.24. The minimum Gasteiger partial charge on any atom is -0.381 e. The number of aromatic nitrogens is 1. The Labute approximate surface area is 96.4 Å². The first-order valence-corrected chi connectivity index (χ1v) is 5.05. The van der Waals surface area contributed by atoms with Crippen LogP contribution in [0.25, 0.3) is 0 Å². The SMILES string of the molecule is Nc1nccc(C(=O)NC2CNC(=O)C2)c1F. The van der Waals surface area contributed by atoms with Gasteiger partial charge in [0, 0.05) is 19.2 Å². The van der Waals surface area contributed by atoms with Crippen molar-refractivity contribution in [3.63, 3.8) is 0 Å². The van der Waals surface area contributed by atoms with Gasteiger partial charge in [0.15, 0.2) is 11.6 Å². The lowest BCUT2D eigenvalue weighted by Gasteiger charge is -2.11. The summed E-state index contributed by atoms with van der Waals surface area (Å²) in [4.78, 5) is 26.2. The zero-order valence-corrected chi connectivity index (χ0v) is 8.87. The van der Waals surface area contributed by atoms with E-state index in [1.165, 1.54) is 12.3 Å². The van der Waals surface area contributed by atoms with E-state index in [9.17, 15) is 14.0 Å². The number of pyridine rings is 1. The summed E-state index contributed by atoms with van der Waals surface area (Å²) in [7, 11) is 0. The molecule has 0 bridgehead atoms. The predicted molar refractivity (Wildman–Crippen MR) is 57.5 cm³/mol. The molecule has 0 radical (unpaired) electrons. The summed E-state index contributed by atoms with van der Waals surface area (Å²) >= 11 is 0. The van der Waals surface area contributed by atoms with Gasteiger partial charge in [-0.05, 0) is 6.07 Å². The van der Waals surface area contributed by atoms with Crippen LogP contribution in [-0.2, 0) is 4.79 Å². The number of halogens is 1. The number of anilines is 1. The van der Waals surface area contributed by atoms with Gasteiger partial charge in [0.05, 0.1) is 11.6 Å². The number of rotatable bonds is 2. The maximum atomic E-state index is 13.5. The summed E-state index contributed by atoms with van der Waals surface area (Å²) in [6.45, 7) is 0.354. The highest BCUT2D eigenvalue weighted by Crippen LogP contribution is 2.12. The summed E-state index contributed by atoms with van der Waals surface area (Å²) in [5.41, 5.74) is 5.09. The Kier molecular flexibility index (Phi) is 2.90. The smallest absolute Gasteiger partial charge is 0.254 e. The van der Waals surface area contributed by atoms with Gasteiger partial charge < -0.3 is 16.4 Å². The topological polar surface area (TPSA) is 97.1 Å². The Bertz CT molecular complexity index is 477. The Morgan fingerprint density at radius 3 is 3.06 bits per heavy atom. The van der Waals surface area contributed by atoms with Crippen molar-refractivity contribution >= 4 is 17.6 Å².